The van der Waals surface area contributed by atoms with Gasteiger partial charge in [-0.3, -0.25) is 14.9 Å². The highest BCUT2D eigenvalue weighted by Crippen LogP contribution is 2.22. The van der Waals surface area contributed by atoms with Gasteiger partial charge in [0.05, 0.1) is 0 Å². The van der Waals surface area contributed by atoms with Crippen molar-refractivity contribution in [3.05, 3.63) is 65.9 Å². The molecule has 0 atom stereocenters. The van der Waals surface area contributed by atoms with Gasteiger partial charge in [-0.15, -0.1) is 0 Å². The second kappa shape index (κ2) is 7.41. The molecule has 0 aliphatic rings. The average Bonchev–Trinajstić information content (AvgIpc) is 3.33. The molecule has 1 amide bonds. The highest BCUT2D eigenvalue weighted by molar-refractivity contribution is 6.01. The van der Waals surface area contributed by atoms with Gasteiger partial charge in [0.25, 0.3) is 5.91 Å². The molecule has 0 aliphatic carbocycles. The van der Waals surface area contributed by atoms with Crippen LogP contribution in [0.25, 0.3) is 22.3 Å². The third-order valence-electron chi connectivity index (χ3n) is 4.49. The van der Waals surface area contributed by atoms with Crippen molar-refractivity contribution >= 4 is 16.8 Å². The Morgan fingerprint density at radius 3 is 2.89 bits per heavy atom. The number of hydrogen-bond donors (Lipinski definition) is 3. The van der Waals surface area contributed by atoms with E-state index in [9.17, 15) is 4.79 Å². The number of benzene rings is 1. The van der Waals surface area contributed by atoms with E-state index in [4.69, 9.17) is 0 Å². The molecular weight excluding hydrogens is 340 g/mol. The van der Waals surface area contributed by atoms with Crippen LogP contribution in [0.5, 0.6) is 0 Å². The highest BCUT2D eigenvalue weighted by atomic mass is 16.1. The van der Waals surface area contributed by atoms with E-state index in [-0.39, 0.29) is 5.91 Å². The number of rotatable bonds is 6. The van der Waals surface area contributed by atoms with Crippen molar-refractivity contribution in [1.29, 1.82) is 0 Å². The molecule has 0 bridgehead atoms. The maximum absolute atomic E-state index is 12.6. The number of hydrogen-bond acceptors (Lipinski definition) is 4. The summed E-state index contributed by atoms with van der Waals surface area (Å²) in [6.45, 7) is 2.53. The third-order valence-corrected chi connectivity index (χ3v) is 4.49. The lowest BCUT2D eigenvalue weighted by Gasteiger charge is -2.04. The number of pyridine rings is 1. The van der Waals surface area contributed by atoms with Crippen LogP contribution in [-0.4, -0.2) is 37.6 Å². The number of carbonyl (C=O) groups excluding carboxylic acids is 1. The zero-order valence-electron chi connectivity index (χ0n) is 15.0. The number of amides is 1. The normalized spacial score (nSPS) is 11.0. The van der Waals surface area contributed by atoms with E-state index in [1.807, 2.05) is 36.4 Å². The molecule has 27 heavy (non-hydrogen) atoms. The molecule has 3 N–H and O–H groups in total. The molecule has 0 radical (unpaired) electrons. The van der Waals surface area contributed by atoms with Crippen molar-refractivity contribution in [2.75, 3.05) is 6.54 Å². The Kier molecular flexibility index (Phi) is 4.65. The minimum absolute atomic E-state index is 0.102. The van der Waals surface area contributed by atoms with Crippen molar-refractivity contribution < 1.29 is 4.79 Å². The molecule has 0 unspecified atom stereocenters. The molecule has 0 spiro atoms. The number of fused-ring (bicyclic) bond motifs is 1. The van der Waals surface area contributed by atoms with E-state index in [1.165, 1.54) is 0 Å². The lowest BCUT2D eigenvalue weighted by molar-refractivity contribution is 0.0949. The van der Waals surface area contributed by atoms with E-state index in [2.05, 4.69) is 37.4 Å². The van der Waals surface area contributed by atoms with Crippen molar-refractivity contribution in [3.8, 4) is 11.4 Å². The Labute approximate surface area is 156 Å². The minimum atomic E-state index is -0.102. The fraction of sp³-hybridized carbons (Fsp3) is 0.200. The van der Waals surface area contributed by atoms with E-state index in [0.717, 1.165) is 34.3 Å². The number of carbonyl (C=O) groups is 1. The van der Waals surface area contributed by atoms with Gasteiger partial charge in [0.1, 0.15) is 11.5 Å². The Morgan fingerprint density at radius 1 is 1.19 bits per heavy atom. The van der Waals surface area contributed by atoms with Crippen LogP contribution in [0.15, 0.2) is 48.8 Å². The molecule has 0 fully saturated rings. The molecule has 7 heteroatoms. The summed E-state index contributed by atoms with van der Waals surface area (Å²) in [5.74, 6) is 1.23. The monoisotopic (exact) mass is 360 g/mol. The van der Waals surface area contributed by atoms with Crippen LogP contribution < -0.4 is 5.32 Å². The second-order valence-electron chi connectivity index (χ2n) is 6.23. The number of nitrogens with one attached hydrogen (secondary N) is 3. The Morgan fingerprint density at radius 2 is 2.07 bits per heavy atom. The average molecular weight is 360 g/mol. The number of nitrogens with zero attached hydrogens (tertiary/aromatic N) is 3. The van der Waals surface area contributed by atoms with Gasteiger partial charge >= 0.3 is 0 Å². The third kappa shape index (κ3) is 3.44. The summed E-state index contributed by atoms with van der Waals surface area (Å²) < 4.78 is 0. The van der Waals surface area contributed by atoms with Crippen LogP contribution in [-0.2, 0) is 12.8 Å². The molecule has 1 aromatic carbocycles. The summed E-state index contributed by atoms with van der Waals surface area (Å²) in [6, 6.07) is 11.7. The predicted molar refractivity (Wildman–Crippen MR) is 103 cm³/mol. The summed E-state index contributed by atoms with van der Waals surface area (Å²) in [5.41, 5.74) is 3.51. The molecule has 136 valence electrons. The van der Waals surface area contributed by atoms with E-state index < -0.39 is 0 Å². The smallest absolute Gasteiger partial charge is 0.268 e. The van der Waals surface area contributed by atoms with Crippen LogP contribution in [0.2, 0.25) is 0 Å². The number of H-pyrrole nitrogens is 2. The van der Waals surface area contributed by atoms with E-state index in [0.29, 0.717) is 24.5 Å². The largest absolute Gasteiger partial charge is 0.350 e. The van der Waals surface area contributed by atoms with Gasteiger partial charge in [-0.05, 0) is 30.2 Å². The molecule has 3 aromatic heterocycles. The number of para-hydroxylation sites is 1. The van der Waals surface area contributed by atoms with Crippen LogP contribution in [0.1, 0.15) is 28.8 Å². The van der Waals surface area contributed by atoms with Gasteiger partial charge in [-0.1, -0.05) is 25.1 Å². The topological polar surface area (TPSA) is 99.3 Å². The van der Waals surface area contributed by atoms with Gasteiger partial charge in [0.15, 0.2) is 5.82 Å². The molecule has 0 saturated heterocycles. The van der Waals surface area contributed by atoms with Crippen LogP contribution in [0.4, 0.5) is 0 Å². The van der Waals surface area contributed by atoms with Gasteiger partial charge in [-0.25, -0.2) is 4.98 Å². The first-order valence-electron chi connectivity index (χ1n) is 8.95. The lowest BCUT2D eigenvalue weighted by atomic mass is 10.1. The van der Waals surface area contributed by atoms with Crippen molar-refractivity contribution in [1.82, 2.24) is 30.5 Å². The summed E-state index contributed by atoms with van der Waals surface area (Å²) >= 11 is 0. The van der Waals surface area contributed by atoms with Gasteiger partial charge < -0.3 is 10.3 Å². The standard InChI is InChI=1S/C20H20N6O/c1-2-14-15-7-3-4-8-16(15)23-18(14)20(27)22-11-9-17-24-19(26-25-17)13-6-5-10-21-12-13/h3-8,10,12,23H,2,9,11H2,1H3,(H,22,27)(H,24,25,26). The minimum Gasteiger partial charge on any atom is -0.350 e. The Bertz CT molecular complexity index is 1070. The van der Waals surface area contributed by atoms with Gasteiger partial charge in [0, 0.05) is 41.8 Å². The first kappa shape index (κ1) is 17.0. The molecular formula is C20H20N6O. The molecule has 0 saturated carbocycles. The van der Waals surface area contributed by atoms with Gasteiger partial charge in [-0.2, -0.15) is 5.10 Å². The molecule has 4 aromatic rings. The maximum atomic E-state index is 12.6. The van der Waals surface area contributed by atoms with Crippen molar-refractivity contribution in [2.24, 2.45) is 0 Å². The summed E-state index contributed by atoms with van der Waals surface area (Å²) in [5, 5.41) is 11.2. The first-order chi connectivity index (χ1) is 13.3. The van der Waals surface area contributed by atoms with E-state index >= 15 is 0 Å². The zero-order chi connectivity index (χ0) is 18.6. The fourth-order valence-corrected chi connectivity index (χ4v) is 3.18. The Hall–Kier alpha value is -3.48. The van der Waals surface area contributed by atoms with Gasteiger partial charge in [0.2, 0.25) is 0 Å². The number of aromatic amines is 2. The second-order valence-corrected chi connectivity index (χ2v) is 6.23. The Balaban J connectivity index is 1.41. The summed E-state index contributed by atoms with van der Waals surface area (Å²) in [6.07, 6.45) is 4.79. The quantitative estimate of drug-likeness (QED) is 0.492. The van der Waals surface area contributed by atoms with Crippen LogP contribution in [0.3, 0.4) is 0 Å². The van der Waals surface area contributed by atoms with Crippen LogP contribution >= 0.6 is 0 Å². The first-order valence-corrected chi connectivity index (χ1v) is 8.95. The van der Waals surface area contributed by atoms with E-state index in [1.54, 1.807) is 12.4 Å². The SMILES string of the molecule is CCc1c(C(=O)NCCc2nc(-c3cccnc3)n[nH]2)[nH]c2ccccc12. The van der Waals surface area contributed by atoms with Crippen molar-refractivity contribution in [2.45, 2.75) is 19.8 Å². The molecule has 7 nitrogen and oxygen atoms in total. The molecule has 3 heterocycles. The fourth-order valence-electron chi connectivity index (χ4n) is 3.18. The highest BCUT2D eigenvalue weighted by Gasteiger charge is 2.16. The number of aromatic nitrogens is 5. The molecule has 0 aliphatic heterocycles. The zero-order valence-corrected chi connectivity index (χ0v) is 15.0. The van der Waals surface area contributed by atoms with Crippen LogP contribution in [0, 0.1) is 0 Å². The molecule has 4 rings (SSSR count). The lowest BCUT2D eigenvalue weighted by Crippen LogP contribution is -2.27. The number of aryl methyl sites for hydroxylation is 1. The summed E-state index contributed by atoms with van der Waals surface area (Å²) in [7, 11) is 0. The summed E-state index contributed by atoms with van der Waals surface area (Å²) in [4.78, 5) is 24.4. The predicted octanol–water partition coefficient (Wildman–Crippen LogP) is 2.88. The van der Waals surface area contributed by atoms with Crippen molar-refractivity contribution in [3.63, 3.8) is 0 Å². The maximum Gasteiger partial charge on any atom is 0.268 e.